The van der Waals surface area contributed by atoms with Gasteiger partial charge in [-0.25, -0.2) is 9.97 Å². The number of carbonyl (C=O) groups is 1. The second kappa shape index (κ2) is 9.70. The molecule has 0 spiro atoms. The summed E-state index contributed by atoms with van der Waals surface area (Å²) in [5, 5.41) is 0. The SMILES string of the molecule is COC[C@H](C)Oc1cc(Oc2ccc(C(=O)N(C)C)cc2)cc(-c2nc3cccnc3[nH]2)c1. The fourth-order valence-electron chi connectivity index (χ4n) is 3.38. The van der Waals surface area contributed by atoms with Gasteiger partial charge in [0.2, 0.25) is 0 Å². The zero-order valence-corrected chi connectivity index (χ0v) is 19.0. The van der Waals surface area contributed by atoms with E-state index in [0.717, 1.165) is 11.1 Å². The summed E-state index contributed by atoms with van der Waals surface area (Å²) in [5.41, 5.74) is 2.86. The number of fused-ring (bicyclic) bond motifs is 1. The molecule has 8 nitrogen and oxygen atoms in total. The lowest BCUT2D eigenvalue weighted by molar-refractivity contribution is 0.0827. The van der Waals surface area contributed by atoms with Gasteiger partial charge in [0.25, 0.3) is 5.91 Å². The minimum absolute atomic E-state index is 0.0649. The highest BCUT2D eigenvalue weighted by atomic mass is 16.5. The van der Waals surface area contributed by atoms with Crippen LogP contribution < -0.4 is 9.47 Å². The molecule has 33 heavy (non-hydrogen) atoms. The van der Waals surface area contributed by atoms with E-state index in [-0.39, 0.29) is 12.0 Å². The Morgan fingerprint density at radius 1 is 1.06 bits per heavy atom. The Bertz CT molecular complexity index is 1220. The van der Waals surface area contributed by atoms with Gasteiger partial charge in [-0.2, -0.15) is 0 Å². The van der Waals surface area contributed by atoms with E-state index in [1.165, 1.54) is 4.90 Å². The van der Waals surface area contributed by atoms with Crippen molar-refractivity contribution in [1.29, 1.82) is 0 Å². The van der Waals surface area contributed by atoms with Crippen LogP contribution >= 0.6 is 0 Å². The predicted molar refractivity (Wildman–Crippen MR) is 126 cm³/mol. The predicted octanol–water partition coefficient (Wildman–Crippen LogP) is 4.53. The summed E-state index contributed by atoms with van der Waals surface area (Å²) in [6, 6.07) is 16.4. The highest BCUT2D eigenvalue weighted by molar-refractivity contribution is 5.94. The number of benzene rings is 2. The summed E-state index contributed by atoms with van der Waals surface area (Å²) in [6.07, 6.45) is 1.57. The number of aromatic nitrogens is 3. The molecule has 0 bridgehead atoms. The fourth-order valence-corrected chi connectivity index (χ4v) is 3.38. The number of nitrogens with zero attached hydrogens (tertiary/aromatic N) is 3. The average Bonchev–Trinajstić information content (AvgIpc) is 3.23. The highest BCUT2D eigenvalue weighted by Gasteiger charge is 2.13. The normalized spacial score (nSPS) is 11.9. The van der Waals surface area contributed by atoms with Crippen LogP contribution in [0, 0.1) is 0 Å². The van der Waals surface area contributed by atoms with E-state index in [1.54, 1.807) is 51.7 Å². The first kappa shape index (κ1) is 22.3. The van der Waals surface area contributed by atoms with Gasteiger partial charge in [0, 0.05) is 44.6 Å². The maximum absolute atomic E-state index is 12.1. The van der Waals surface area contributed by atoms with Gasteiger partial charge in [-0.3, -0.25) is 4.79 Å². The molecule has 0 radical (unpaired) electrons. The number of methoxy groups -OCH3 is 1. The summed E-state index contributed by atoms with van der Waals surface area (Å²) < 4.78 is 17.3. The molecule has 8 heteroatoms. The second-order valence-electron chi connectivity index (χ2n) is 7.86. The number of hydrogen-bond donors (Lipinski definition) is 1. The Balaban J connectivity index is 1.66. The molecule has 0 saturated heterocycles. The topological polar surface area (TPSA) is 89.6 Å². The number of amides is 1. The molecule has 4 aromatic rings. The van der Waals surface area contributed by atoms with Crippen molar-refractivity contribution < 1.29 is 19.0 Å². The lowest BCUT2D eigenvalue weighted by atomic mass is 10.1. The van der Waals surface area contributed by atoms with Crippen LogP contribution in [0.2, 0.25) is 0 Å². The van der Waals surface area contributed by atoms with Crippen molar-refractivity contribution in [1.82, 2.24) is 19.9 Å². The largest absolute Gasteiger partial charge is 0.488 e. The maximum atomic E-state index is 12.1. The van der Waals surface area contributed by atoms with Crippen molar-refractivity contribution in [2.75, 3.05) is 27.8 Å². The number of imidazole rings is 1. The number of hydrogen-bond acceptors (Lipinski definition) is 6. The number of ether oxygens (including phenoxy) is 3. The lowest BCUT2D eigenvalue weighted by Crippen LogP contribution is -2.21. The first-order valence-corrected chi connectivity index (χ1v) is 10.5. The van der Waals surface area contributed by atoms with E-state index >= 15 is 0 Å². The average molecular weight is 447 g/mol. The first-order chi connectivity index (χ1) is 15.9. The minimum atomic E-state index is -0.147. The van der Waals surface area contributed by atoms with E-state index in [4.69, 9.17) is 14.2 Å². The van der Waals surface area contributed by atoms with Gasteiger partial charge >= 0.3 is 0 Å². The van der Waals surface area contributed by atoms with Gasteiger partial charge in [-0.05, 0) is 55.5 Å². The molecule has 0 aliphatic carbocycles. The molecule has 1 atom stereocenters. The zero-order valence-electron chi connectivity index (χ0n) is 19.0. The summed E-state index contributed by atoms with van der Waals surface area (Å²) >= 11 is 0. The molecule has 0 aliphatic heterocycles. The van der Waals surface area contributed by atoms with E-state index in [0.29, 0.717) is 40.9 Å². The molecule has 170 valence electrons. The van der Waals surface area contributed by atoms with Gasteiger partial charge in [-0.1, -0.05) is 0 Å². The molecule has 2 heterocycles. The molecule has 1 amide bonds. The van der Waals surface area contributed by atoms with Crippen molar-refractivity contribution in [3.63, 3.8) is 0 Å². The molecule has 2 aromatic carbocycles. The second-order valence-corrected chi connectivity index (χ2v) is 7.86. The summed E-state index contributed by atoms with van der Waals surface area (Å²) in [6.45, 7) is 2.39. The Morgan fingerprint density at radius 2 is 1.82 bits per heavy atom. The zero-order chi connectivity index (χ0) is 23.4. The number of H-pyrrole nitrogens is 1. The van der Waals surface area contributed by atoms with Gasteiger partial charge in [-0.15, -0.1) is 0 Å². The van der Waals surface area contributed by atoms with Crippen LogP contribution in [0.1, 0.15) is 17.3 Å². The lowest BCUT2D eigenvalue weighted by Gasteiger charge is -2.16. The van der Waals surface area contributed by atoms with Crippen LogP contribution in [0.25, 0.3) is 22.6 Å². The van der Waals surface area contributed by atoms with Gasteiger partial charge < -0.3 is 24.1 Å². The van der Waals surface area contributed by atoms with Crippen LogP contribution in [0.4, 0.5) is 0 Å². The summed E-state index contributed by atoms with van der Waals surface area (Å²) in [4.78, 5) is 25.9. The van der Waals surface area contributed by atoms with Crippen LogP contribution in [0.3, 0.4) is 0 Å². The molecule has 1 N–H and O–H groups in total. The van der Waals surface area contributed by atoms with Gasteiger partial charge in [0.15, 0.2) is 5.65 Å². The van der Waals surface area contributed by atoms with Crippen molar-refractivity contribution in [3.05, 3.63) is 66.4 Å². The number of carbonyl (C=O) groups excluding carboxylic acids is 1. The summed E-state index contributed by atoms with van der Waals surface area (Å²) in [5.74, 6) is 2.40. The highest BCUT2D eigenvalue weighted by Crippen LogP contribution is 2.32. The van der Waals surface area contributed by atoms with Crippen LogP contribution in [0.15, 0.2) is 60.8 Å². The van der Waals surface area contributed by atoms with Crippen molar-refractivity contribution in [3.8, 4) is 28.6 Å². The van der Waals surface area contributed by atoms with Crippen molar-refractivity contribution in [2.24, 2.45) is 0 Å². The van der Waals surface area contributed by atoms with E-state index < -0.39 is 0 Å². The Labute approximate surface area is 192 Å². The molecule has 0 aliphatic rings. The number of pyridine rings is 1. The maximum Gasteiger partial charge on any atom is 0.253 e. The Kier molecular flexibility index (Phi) is 6.55. The molecule has 2 aromatic heterocycles. The smallest absolute Gasteiger partial charge is 0.253 e. The Morgan fingerprint density at radius 3 is 2.52 bits per heavy atom. The van der Waals surface area contributed by atoms with Crippen LogP contribution in [-0.4, -0.2) is 59.7 Å². The molecule has 0 saturated carbocycles. The third-order valence-corrected chi connectivity index (χ3v) is 4.89. The third-order valence-electron chi connectivity index (χ3n) is 4.89. The van der Waals surface area contributed by atoms with E-state index in [9.17, 15) is 4.79 Å². The van der Waals surface area contributed by atoms with Crippen molar-refractivity contribution in [2.45, 2.75) is 13.0 Å². The van der Waals surface area contributed by atoms with Gasteiger partial charge in [0.05, 0.1) is 6.61 Å². The molecular formula is C25H26N4O4. The minimum Gasteiger partial charge on any atom is -0.488 e. The van der Waals surface area contributed by atoms with Gasteiger partial charge in [0.1, 0.15) is 34.7 Å². The van der Waals surface area contributed by atoms with Crippen LogP contribution in [-0.2, 0) is 4.74 Å². The Hall–Kier alpha value is -3.91. The summed E-state index contributed by atoms with van der Waals surface area (Å²) in [7, 11) is 5.08. The first-order valence-electron chi connectivity index (χ1n) is 10.5. The monoisotopic (exact) mass is 446 g/mol. The third kappa shape index (κ3) is 5.30. The van der Waals surface area contributed by atoms with E-state index in [2.05, 4.69) is 15.0 Å². The number of rotatable bonds is 8. The fraction of sp³-hybridized carbons (Fsp3) is 0.240. The van der Waals surface area contributed by atoms with E-state index in [1.807, 2.05) is 37.3 Å². The van der Waals surface area contributed by atoms with Crippen molar-refractivity contribution >= 4 is 17.1 Å². The number of aromatic amines is 1. The molecule has 0 unspecified atom stereocenters. The van der Waals surface area contributed by atoms with Crippen LogP contribution in [0.5, 0.6) is 17.2 Å². The molecule has 4 rings (SSSR count). The quantitative estimate of drug-likeness (QED) is 0.428. The molecule has 0 fully saturated rings. The standard InChI is InChI=1S/C25H26N4O4/c1-16(15-31-4)32-20-12-18(23-27-22-6-5-11-26-24(22)28-23)13-21(14-20)33-19-9-7-17(8-10-19)25(30)29(2)3/h5-14,16H,15H2,1-4H3,(H,26,27,28)/t16-/m0/s1. The number of nitrogens with one attached hydrogen (secondary N) is 1. The molecular weight excluding hydrogens is 420 g/mol.